The molecule has 0 aliphatic carbocycles. The molecule has 1 aromatic rings. The van der Waals surface area contributed by atoms with Gasteiger partial charge < -0.3 is 16.4 Å². The first-order valence-electron chi connectivity index (χ1n) is 5.54. The smallest absolute Gasteiger partial charge is 0.240 e. The predicted octanol–water partition coefficient (Wildman–Crippen LogP) is 0.126. The minimum Gasteiger partial charge on any atom is -0.370 e. The summed E-state index contributed by atoms with van der Waals surface area (Å²) in [4.78, 5) is 23.6. The third kappa shape index (κ3) is 4.29. The second-order valence-electron chi connectivity index (χ2n) is 4.22. The lowest BCUT2D eigenvalue weighted by molar-refractivity contribution is -0.133. The van der Waals surface area contributed by atoms with E-state index in [1.807, 2.05) is 0 Å². The Morgan fingerprint density at radius 1 is 1.32 bits per heavy atom. The number of carbonyl (C=O) groups is 2. The van der Waals surface area contributed by atoms with Crippen LogP contribution in [0, 0.1) is 11.6 Å². The van der Waals surface area contributed by atoms with E-state index in [1.165, 1.54) is 18.0 Å². The number of hydrogen-bond acceptors (Lipinski definition) is 3. The van der Waals surface area contributed by atoms with Crippen LogP contribution in [0.1, 0.15) is 12.0 Å². The Kier molecular flexibility index (Phi) is 4.94. The number of benzene rings is 1. The van der Waals surface area contributed by atoms with Gasteiger partial charge in [-0.3, -0.25) is 9.59 Å². The molecule has 0 aromatic heterocycles. The largest absolute Gasteiger partial charge is 0.370 e. The van der Waals surface area contributed by atoms with Crippen LogP contribution in [0.4, 0.5) is 8.78 Å². The van der Waals surface area contributed by atoms with E-state index < -0.39 is 29.5 Å². The molecule has 1 rings (SSSR count). The molecule has 2 amide bonds. The van der Waals surface area contributed by atoms with Gasteiger partial charge in [0.1, 0.15) is 0 Å². The van der Waals surface area contributed by atoms with Crippen molar-refractivity contribution >= 4 is 11.8 Å². The third-order valence-electron chi connectivity index (χ3n) is 2.52. The molecule has 1 atom stereocenters. The van der Waals surface area contributed by atoms with Crippen LogP contribution in [0.2, 0.25) is 0 Å². The summed E-state index contributed by atoms with van der Waals surface area (Å²) in [6, 6.07) is 2.31. The minimum absolute atomic E-state index is 0.0580. The van der Waals surface area contributed by atoms with E-state index in [1.54, 1.807) is 0 Å². The van der Waals surface area contributed by atoms with Crippen LogP contribution in [0.25, 0.3) is 0 Å². The summed E-state index contributed by atoms with van der Waals surface area (Å²) in [5.74, 6) is -3.12. The normalized spacial score (nSPS) is 12.0. The van der Waals surface area contributed by atoms with Crippen molar-refractivity contribution in [3.63, 3.8) is 0 Å². The van der Waals surface area contributed by atoms with Crippen molar-refractivity contribution in [2.45, 2.75) is 19.0 Å². The average molecular weight is 271 g/mol. The van der Waals surface area contributed by atoms with E-state index in [9.17, 15) is 18.4 Å². The van der Waals surface area contributed by atoms with Gasteiger partial charge in [-0.25, -0.2) is 8.78 Å². The van der Waals surface area contributed by atoms with Gasteiger partial charge in [0.05, 0.1) is 12.5 Å². The first kappa shape index (κ1) is 15.0. The second-order valence-corrected chi connectivity index (χ2v) is 4.22. The fourth-order valence-corrected chi connectivity index (χ4v) is 1.58. The van der Waals surface area contributed by atoms with Crippen molar-refractivity contribution in [2.75, 3.05) is 7.05 Å². The van der Waals surface area contributed by atoms with Crippen molar-refractivity contribution < 1.29 is 18.4 Å². The van der Waals surface area contributed by atoms with Gasteiger partial charge in [0.2, 0.25) is 11.8 Å². The zero-order valence-electron chi connectivity index (χ0n) is 10.4. The lowest BCUT2D eigenvalue weighted by Crippen LogP contribution is -2.43. The summed E-state index contributed by atoms with van der Waals surface area (Å²) < 4.78 is 25.7. The number of nitrogens with zero attached hydrogens (tertiary/aromatic N) is 1. The molecule has 0 aliphatic heterocycles. The van der Waals surface area contributed by atoms with Crippen molar-refractivity contribution in [2.24, 2.45) is 11.5 Å². The van der Waals surface area contributed by atoms with Gasteiger partial charge >= 0.3 is 0 Å². The van der Waals surface area contributed by atoms with E-state index in [0.717, 1.165) is 12.1 Å². The van der Waals surface area contributed by atoms with Gasteiger partial charge in [-0.2, -0.15) is 0 Å². The topological polar surface area (TPSA) is 89.4 Å². The van der Waals surface area contributed by atoms with E-state index in [2.05, 4.69) is 0 Å². The van der Waals surface area contributed by atoms with Crippen LogP contribution in [0.15, 0.2) is 18.2 Å². The zero-order chi connectivity index (χ0) is 14.6. The molecule has 7 heteroatoms. The highest BCUT2D eigenvalue weighted by atomic mass is 19.2. The number of carbonyl (C=O) groups excluding carboxylic acids is 2. The summed E-state index contributed by atoms with van der Waals surface area (Å²) in [7, 11) is 1.45. The highest BCUT2D eigenvalue weighted by molar-refractivity contribution is 5.87. The highest BCUT2D eigenvalue weighted by Crippen LogP contribution is 2.11. The van der Waals surface area contributed by atoms with Crippen molar-refractivity contribution in [3.8, 4) is 0 Å². The van der Waals surface area contributed by atoms with E-state index in [-0.39, 0.29) is 13.0 Å². The summed E-state index contributed by atoms with van der Waals surface area (Å²) in [5, 5.41) is 0. The second kappa shape index (κ2) is 6.24. The Morgan fingerprint density at radius 2 is 1.95 bits per heavy atom. The van der Waals surface area contributed by atoms with Crippen molar-refractivity contribution in [3.05, 3.63) is 35.4 Å². The minimum atomic E-state index is -1.03. The molecule has 4 N–H and O–H groups in total. The number of nitrogens with two attached hydrogens (primary N) is 2. The molecule has 1 unspecified atom stereocenters. The van der Waals surface area contributed by atoms with Gasteiger partial charge in [-0.05, 0) is 17.7 Å². The van der Waals surface area contributed by atoms with Crippen LogP contribution in [-0.4, -0.2) is 29.8 Å². The third-order valence-corrected chi connectivity index (χ3v) is 2.52. The molecule has 5 nitrogen and oxygen atoms in total. The van der Waals surface area contributed by atoms with Crippen LogP contribution in [0.5, 0.6) is 0 Å². The lowest BCUT2D eigenvalue weighted by atomic mass is 10.1. The Morgan fingerprint density at radius 3 is 2.47 bits per heavy atom. The Balaban J connectivity index is 2.68. The number of hydrogen-bond donors (Lipinski definition) is 2. The number of amides is 2. The van der Waals surface area contributed by atoms with Crippen molar-refractivity contribution in [1.29, 1.82) is 0 Å². The predicted molar refractivity (Wildman–Crippen MR) is 64.6 cm³/mol. The lowest BCUT2D eigenvalue weighted by Gasteiger charge is -2.20. The molecule has 0 fully saturated rings. The molecule has 1 aromatic carbocycles. The molecule has 19 heavy (non-hydrogen) atoms. The summed E-state index contributed by atoms with van der Waals surface area (Å²) in [6.45, 7) is 0.0580. The van der Waals surface area contributed by atoms with E-state index in [4.69, 9.17) is 11.5 Å². The van der Waals surface area contributed by atoms with Crippen LogP contribution in [0.3, 0.4) is 0 Å². The zero-order valence-corrected chi connectivity index (χ0v) is 10.4. The Hall–Kier alpha value is -2.02. The first-order chi connectivity index (χ1) is 8.81. The van der Waals surface area contributed by atoms with Gasteiger partial charge in [0, 0.05) is 13.6 Å². The average Bonchev–Trinajstić information content (AvgIpc) is 2.32. The van der Waals surface area contributed by atoms with Gasteiger partial charge in [-0.1, -0.05) is 6.07 Å². The fourth-order valence-electron chi connectivity index (χ4n) is 1.58. The van der Waals surface area contributed by atoms with Crippen molar-refractivity contribution in [1.82, 2.24) is 4.90 Å². The molecule has 104 valence electrons. The van der Waals surface area contributed by atoms with Crippen LogP contribution < -0.4 is 11.5 Å². The highest BCUT2D eigenvalue weighted by Gasteiger charge is 2.20. The molecule has 0 radical (unpaired) electrons. The summed E-state index contributed by atoms with van der Waals surface area (Å²) in [5.41, 5.74) is 10.9. The maximum absolute atomic E-state index is 13.0. The van der Waals surface area contributed by atoms with E-state index >= 15 is 0 Å². The number of likely N-dealkylation sites (N-methyl/N-ethyl adjacent to an activating group) is 1. The standard InChI is InChI=1S/C12H15F2N3O2/c1-17(12(19)10(15)5-11(16)18)6-7-2-3-8(13)9(14)4-7/h2-4,10H,5-6,15H2,1H3,(H2,16,18). The molecule has 0 saturated carbocycles. The molecular weight excluding hydrogens is 256 g/mol. The van der Waals surface area contributed by atoms with Gasteiger partial charge in [-0.15, -0.1) is 0 Å². The maximum atomic E-state index is 13.0. The number of halogens is 2. The molecule has 0 spiro atoms. The first-order valence-corrected chi connectivity index (χ1v) is 5.54. The monoisotopic (exact) mass is 271 g/mol. The van der Waals surface area contributed by atoms with E-state index in [0.29, 0.717) is 5.56 Å². The molecule has 0 heterocycles. The number of rotatable bonds is 5. The Labute approximate surface area is 109 Å². The summed E-state index contributed by atoms with van der Waals surface area (Å²) >= 11 is 0. The molecule has 0 aliphatic rings. The fraction of sp³-hybridized carbons (Fsp3) is 0.333. The number of primary amides is 1. The van der Waals surface area contributed by atoms with Gasteiger partial charge in [0.15, 0.2) is 11.6 Å². The molecule has 0 saturated heterocycles. The van der Waals surface area contributed by atoms with Crippen LogP contribution >= 0.6 is 0 Å². The van der Waals surface area contributed by atoms with Gasteiger partial charge in [0.25, 0.3) is 0 Å². The Bertz CT molecular complexity index is 494. The quantitative estimate of drug-likeness (QED) is 0.797. The molecular formula is C12H15F2N3O2. The molecule has 0 bridgehead atoms. The maximum Gasteiger partial charge on any atom is 0.240 e. The van der Waals surface area contributed by atoms with Crippen LogP contribution in [-0.2, 0) is 16.1 Å². The SMILES string of the molecule is CN(Cc1ccc(F)c(F)c1)C(=O)C(N)CC(N)=O. The summed E-state index contributed by atoms with van der Waals surface area (Å²) in [6.07, 6.45) is -0.263.